The summed E-state index contributed by atoms with van der Waals surface area (Å²) in [6.45, 7) is 4.44. The molecule has 1 aromatic rings. The second kappa shape index (κ2) is 7.27. The fourth-order valence-electron chi connectivity index (χ4n) is 1.67. The van der Waals surface area contributed by atoms with E-state index in [1.807, 2.05) is 0 Å². The van der Waals surface area contributed by atoms with Crippen molar-refractivity contribution >= 4 is 25.2 Å². The molecule has 1 aromatic carbocycles. The van der Waals surface area contributed by atoms with Gasteiger partial charge in [0.15, 0.2) is 6.61 Å². The van der Waals surface area contributed by atoms with Crippen LogP contribution in [0.15, 0.2) is 18.2 Å². The Kier molecular flexibility index (Phi) is 6.23. The summed E-state index contributed by atoms with van der Waals surface area (Å²) in [6, 6.07) is 4.89. The van der Waals surface area contributed by atoms with Crippen molar-refractivity contribution in [1.29, 1.82) is 0 Å². The van der Waals surface area contributed by atoms with Gasteiger partial charge in [-0.15, -0.1) is 0 Å². The number of aryl methyl sites for hydroxylation is 1. The van der Waals surface area contributed by atoms with E-state index < -0.39 is 31.9 Å². The number of esters is 1. The Hall–Kier alpha value is -1.07. The molecule has 8 heteroatoms. The highest BCUT2D eigenvalue weighted by Gasteiger charge is 2.35. The molecule has 0 bridgehead atoms. The third-order valence-electron chi connectivity index (χ3n) is 2.64. The quantitative estimate of drug-likeness (QED) is 0.613. The SMILES string of the molecule is Cc1cc(Cl)ccc1OCC(=O)OC(C(C)C)P(=O)(O)O. The molecule has 0 heterocycles. The smallest absolute Gasteiger partial charge is 0.366 e. The van der Waals surface area contributed by atoms with Gasteiger partial charge in [0.25, 0.3) is 0 Å². The van der Waals surface area contributed by atoms with Crippen molar-refractivity contribution in [2.75, 3.05) is 6.61 Å². The number of carbonyl (C=O) groups excluding carboxylic acids is 1. The van der Waals surface area contributed by atoms with E-state index >= 15 is 0 Å². The van der Waals surface area contributed by atoms with Crippen LogP contribution in [-0.2, 0) is 14.1 Å². The Balaban J connectivity index is 2.63. The number of hydrogen-bond acceptors (Lipinski definition) is 4. The Morgan fingerprint density at radius 3 is 2.48 bits per heavy atom. The monoisotopic (exact) mass is 336 g/mol. The lowest BCUT2D eigenvalue weighted by atomic mass is 10.2. The van der Waals surface area contributed by atoms with E-state index in [1.54, 1.807) is 39.0 Å². The predicted molar refractivity (Wildman–Crippen MR) is 78.4 cm³/mol. The minimum atomic E-state index is -4.51. The minimum Gasteiger partial charge on any atom is -0.482 e. The molecule has 1 rings (SSSR count). The molecule has 0 saturated heterocycles. The van der Waals surface area contributed by atoms with E-state index in [1.165, 1.54) is 0 Å². The number of carbonyl (C=O) groups is 1. The Morgan fingerprint density at radius 2 is 2.00 bits per heavy atom. The van der Waals surface area contributed by atoms with Gasteiger partial charge in [0, 0.05) is 10.9 Å². The van der Waals surface area contributed by atoms with E-state index in [0.29, 0.717) is 10.8 Å². The third kappa shape index (κ3) is 5.67. The molecule has 0 aliphatic heterocycles. The van der Waals surface area contributed by atoms with Crippen molar-refractivity contribution < 1.29 is 28.6 Å². The summed E-state index contributed by atoms with van der Waals surface area (Å²) in [5.41, 5.74) is 0.741. The zero-order valence-electron chi connectivity index (χ0n) is 11.9. The summed E-state index contributed by atoms with van der Waals surface area (Å²) in [7, 11) is -4.51. The summed E-state index contributed by atoms with van der Waals surface area (Å²) in [5, 5.41) is 0.545. The van der Waals surface area contributed by atoms with Gasteiger partial charge in [0.1, 0.15) is 5.75 Å². The zero-order valence-corrected chi connectivity index (χ0v) is 13.6. The van der Waals surface area contributed by atoms with Crippen molar-refractivity contribution in [2.24, 2.45) is 5.92 Å². The van der Waals surface area contributed by atoms with Gasteiger partial charge in [-0.05, 0) is 30.7 Å². The molecule has 0 amide bonds. The average Bonchev–Trinajstić information content (AvgIpc) is 2.33. The van der Waals surface area contributed by atoms with E-state index in [9.17, 15) is 9.36 Å². The van der Waals surface area contributed by atoms with Crippen LogP contribution in [0.4, 0.5) is 0 Å². The van der Waals surface area contributed by atoms with E-state index in [2.05, 4.69) is 0 Å². The second-order valence-corrected chi connectivity index (χ2v) is 7.04. The van der Waals surface area contributed by atoms with Gasteiger partial charge in [0.05, 0.1) is 0 Å². The fourth-order valence-corrected chi connectivity index (χ4v) is 2.93. The zero-order chi connectivity index (χ0) is 16.2. The van der Waals surface area contributed by atoms with Gasteiger partial charge in [-0.25, -0.2) is 4.79 Å². The van der Waals surface area contributed by atoms with Crippen molar-refractivity contribution in [2.45, 2.75) is 26.6 Å². The molecule has 6 nitrogen and oxygen atoms in total. The van der Waals surface area contributed by atoms with Crippen LogP contribution in [0.25, 0.3) is 0 Å². The molecular formula is C13H18ClO6P. The van der Waals surface area contributed by atoms with Crippen LogP contribution in [0, 0.1) is 12.8 Å². The molecule has 21 heavy (non-hydrogen) atoms. The highest BCUT2D eigenvalue weighted by atomic mass is 35.5. The lowest BCUT2D eigenvalue weighted by molar-refractivity contribution is -0.150. The minimum absolute atomic E-state index is 0.439. The molecule has 118 valence electrons. The van der Waals surface area contributed by atoms with Gasteiger partial charge in [-0.2, -0.15) is 0 Å². The molecule has 2 N–H and O–H groups in total. The fraction of sp³-hybridized carbons (Fsp3) is 0.462. The standard InChI is InChI=1S/C13H18ClO6P/c1-8(2)13(21(16,17)18)20-12(15)7-19-11-5-4-10(14)6-9(11)3/h4-6,8,13H,7H2,1-3H3,(H2,16,17,18). The van der Waals surface area contributed by atoms with Crippen LogP contribution in [-0.4, -0.2) is 28.2 Å². The molecule has 0 fully saturated rings. The molecule has 0 aromatic heterocycles. The Labute approximate surface area is 128 Å². The summed E-state index contributed by atoms with van der Waals surface area (Å²) in [4.78, 5) is 29.9. The first kappa shape index (κ1) is 18.0. The second-order valence-electron chi connectivity index (χ2n) is 4.91. The number of rotatable bonds is 6. The number of hydrogen-bond donors (Lipinski definition) is 2. The Bertz CT molecular complexity index is 554. The number of halogens is 1. The van der Waals surface area contributed by atoms with Crippen LogP contribution in [0.5, 0.6) is 5.75 Å². The predicted octanol–water partition coefficient (Wildman–Crippen LogP) is 2.73. The third-order valence-corrected chi connectivity index (χ3v) is 4.24. The molecule has 0 spiro atoms. The maximum Gasteiger partial charge on any atom is 0.366 e. The summed E-state index contributed by atoms with van der Waals surface area (Å²) in [6.07, 6.45) is 0. The first-order chi connectivity index (χ1) is 9.61. The molecule has 1 atom stereocenters. The maximum absolute atomic E-state index is 11.6. The van der Waals surface area contributed by atoms with Crippen LogP contribution < -0.4 is 4.74 Å². The van der Waals surface area contributed by atoms with Gasteiger partial charge < -0.3 is 19.3 Å². The highest BCUT2D eigenvalue weighted by Crippen LogP contribution is 2.45. The number of benzene rings is 1. The normalized spacial score (nSPS) is 13.1. The first-order valence-electron chi connectivity index (χ1n) is 6.25. The molecular weight excluding hydrogens is 319 g/mol. The van der Waals surface area contributed by atoms with Crippen LogP contribution in [0.1, 0.15) is 19.4 Å². The van der Waals surface area contributed by atoms with Gasteiger partial charge >= 0.3 is 13.6 Å². The molecule has 1 unspecified atom stereocenters. The average molecular weight is 337 g/mol. The lowest BCUT2D eigenvalue weighted by Crippen LogP contribution is -2.27. The van der Waals surface area contributed by atoms with Crippen molar-refractivity contribution in [3.63, 3.8) is 0 Å². The van der Waals surface area contributed by atoms with Gasteiger partial charge in [-0.3, -0.25) is 4.57 Å². The van der Waals surface area contributed by atoms with Crippen LogP contribution >= 0.6 is 19.2 Å². The summed E-state index contributed by atoms with van der Waals surface area (Å²) < 4.78 is 21.3. The van der Waals surface area contributed by atoms with E-state index in [-0.39, 0.29) is 0 Å². The topological polar surface area (TPSA) is 93.1 Å². The maximum atomic E-state index is 11.6. The summed E-state index contributed by atoms with van der Waals surface area (Å²) in [5.74, 6) is -2.37. The van der Waals surface area contributed by atoms with Crippen molar-refractivity contribution in [1.82, 2.24) is 0 Å². The number of ether oxygens (including phenoxy) is 2. The van der Waals surface area contributed by atoms with E-state index in [4.69, 9.17) is 30.9 Å². The largest absolute Gasteiger partial charge is 0.482 e. The van der Waals surface area contributed by atoms with Gasteiger partial charge in [0.2, 0.25) is 5.85 Å². The molecule has 0 aliphatic carbocycles. The Morgan fingerprint density at radius 1 is 1.38 bits per heavy atom. The van der Waals surface area contributed by atoms with E-state index in [0.717, 1.165) is 5.56 Å². The molecule has 0 radical (unpaired) electrons. The van der Waals surface area contributed by atoms with Crippen molar-refractivity contribution in [3.8, 4) is 5.75 Å². The summed E-state index contributed by atoms with van der Waals surface area (Å²) >= 11 is 5.80. The highest BCUT2D eigenvalue weighted by molar-refractivity contribution is 7.52. The lowest BCUT2D eigenvalue weighted by Gasteiger charge is -2.22. The van der Waals surface area contributed by atoms with Crippen LogP contribution in [0.3, 0.4) is 0 Å². The van der Waals surface area contributed by atoms with Crippen LogP contribution in [0.2, 0.25) is 5.02 Å². The van der Waals surface area contributed by atoms with Gasteiger partial charge in [-0.1, -0.05) is 25.4 Å². The molecule has 0 saturated carbocycles. The van der Waals surface area contributed by atoms with Crippen molar-refractivity contribution in [3.05, 3.63) is 28.8 Å². The first-order valence-corrected chi connectivity index (χ1v) is 8.31. The molecule has 0 aliphatic rings.